The fourth-order valence-corrected chi connectivity index (χ4v) is 1.82. The summed E-state index contributed by atoms with van der Waals surface area (Å²) in [7, 11) is 0. The first-order chi connectivity index (χ1) is 8.74. The Balaban J connectivity index is 2.38. The van der Waals surface area contributed by atoms with Gasteiger partial charge in [-0.3, -0.25) is 0 Å². The molecule has 0 bridgehead atoms. The summed E-state index contributed by atoms with van der Waals surface area (Å²) in [5.74, 6) is 1.03. The second-order valence-electron chi connectivity index (χ2n) is 5.05. The molecule has 1 aromatic rings. The molecule has 0 aliphatic rings. The molecule has 0 saturated carbocycles. The van der Waals surface area contributed by atoms with E-state index in [1.165, 1.54) is 24.8 Å². The van der Waals surface area contributed by atoms with Gasteiger partial charge >= 0.3 is 0 Å². The highest BCUT2D eigenvalue weighted by atomic mass is 16.5. The Kier molecular flexibility index (Phi) is 7.51. The van der Waals surface area contributed by atoms with Crippen LogP contribution < -0.4 is 10.1 Å². The number of ether oxygens (including phenoxy) is 1. The van der Waals surface area contributed by atoms with Gasteiger partial charge in [0.1, 0.15) is 5.75 Å². The molecule has 0 radical (unpaired) electrons. The number of hydrogen-bond donors (Lipinski definition) is 1. The number of rotatable bonds is 9. The third kappa shape index (κ3) is 6.06. The maximum atomic E-state index is 5.88. The Labute approximate surface area is 112 Å². The minimum Gasteiger partial charge on any atom is -0.493 e. The largest absolute Gasteiger partial charge is 0.493 e. The van der Waals surface area contributed by atoms with Crippen molar-refractivity contribution in [1.82, 2.24) is 5.32 Å². The standard InChI is InChI=1S/C16H27NO/c1-4-5-6-9-12-18-16-11-8-7-10-15(16)13-17-14(2)3/h7-8,10-11,14,17H,4-6,9,12-13H2,1-3H3. The summed E-state index contributed by atoms with van der Waals surface area (Å²) in [5.41, 5.74) is 1.25. The first kappa shape index (κ1) is 15.0. The van der Waals surface area contributed by atoms with Crippen LogP contribution in [-0.4, -0.2) is 12.6 Å². The van der Waals surface area contributed by atoms with E-state index in [1.54, 1.807) is 0 Å². The number of nitrogens with one attached hydrogen (secondary N) is 1. The molecular weight excluding hydrogens is 222 g/mol. The molecule has 0 saturated heterocycles. The van der Waals surface area contributed by atoms with Gasteiger partial charge in [-0.2, -0.15) is 0 Å². The van der Waals surface area contributed by atoms with Gasteiger partial charge in [0.2, 0.25) is 0 Å². The van der Waals surface area contributed by atoms with Gasteiger partial charge in [-0.15, -0.1) is 0 Å². The molecule has 2 heteroatoms. The highest BCUT2D eigenvalue weighted by Crippen LogP contribution is 2.18. The normalized spacial score (nSPS) is 10.9. The molecular formula is C16H27NO. The van der Waals surface area contributed by atoms with E-state index in [2.05, 4.69) is 44.3 Å². The van der Waals surface area contributed by atoms with Crippen molar-refractivity contribution in [2.24, 2.45) is 0 Å². The van der Waals surface area contributed by atoms with Gasteiger partial charge in [0.15, 0.2) is 0 Å². The van der Waals surface area contributed by atoms with Gasteiger partial charge in [0.05, 0.1) is 6.61 Å². The van der Waals surface area contributed by atoms with Gasteiger partial charge in [-0.25, -0.2) is 0 Å². The Morgan fingerprint density at radius 2 is 1.89 bits per heavy atom. The van der Waals surface area contributed by atoms with Crippen molar-refractivity contribution in [3.05, 3.63) is 29.8 Å². The van der Waals surface area contributed by atoms with Crippen molar-refractivity contribution in [3.8, 4) is 5.75 Å². The van der Waals surface area contributed by atoms with E-state index in [-0.39, 0.29) is 0 Å². The second-order valence-corrected chi connectivity index (χ2v) is 5.05. The smallest absolute Gasteiger partial charge is 0.123 e. The van der Waals surface area contributed by atoms with Crippen molar-refractivity contribution in [2.75, 3.05) is 6.61 Å². The summed E-state index contributed by atoms with van der Waals surface area (Å²) >= 11 is 0. The molecule has 0 aromatic heterocycles. The predicted octanol–water partition coefficient (Wildman–Crippen LogP) is 4.14. The summed E-state index contributed by atoms with van der Waals surface area (Å²) in [6.45, 7) is 8.26. The molecule has 1 rings (SSSR count). The quantitative estimate of drug-likeness (QED) is 0.664. The van der Waals surface area contributed by atoms with E-state index in [1.807, 2.05) is 6.07 Å². The zero-order valence-electron chi connectivity index (χ0n) is 12.0. The van der Waals surface area contributed by atoms with E-state index in [9.17, 15) is 0 Å². The van der Waals surface area contributed by atoms with Crippen LogP contribution in [0.2, 0.25) is 0 Å². The fourth-order valence-electron chi connectivity index (χ4n) is 1.82. The van der Waals surface area contributed by atoms with Crippen LogP contribution in [0.15, 0.2) is 24.3 Å². The van der Waals surface area contributed by atoms with Crippen LogP contribution in [0, 0.1) is 0 Å². The molecule has 0 amide bonds. The summed E-state index contributed by atoms with van der Waals surface area (Å²) < 4.78 is 5.88. The zero-order valence-corrected chi connectivity index (χ0v) is 12.0. The minimum absolute atomic E-state index is 0.502. The molecule has 0 aliphatic carbocycles. The van der Waals surface area contributed by atoms with Crippen LogP contribution in [0.5, 0.6) is 5.75 Å². The van der Waals surface area contributed by atoms with E-state index in [0.29, 0.717) is 6.04 Å². The van der Waals surface area contributed by atoms with E-state index in [0.717, 1.165) is 25.3 Å². The van der Waals surface area contributed by atoms with E-state index >= 15 is 0 Å². The monoisotopic (exact) mass is 249 g/mol. The molecule has 0 aliphatic heterocycles. The van der Waals surface area contributed by atoms with Gasteiger partial charge in [-0.05, 0) is 12.5 Å². The van der Waals surface area contributed by atoms with Crippen LogP contribution in [-0.2, 0) is 6.54 Å². The van der Waals surface area contributed by atoms with Crippen molar-refractivity contribution in [1.29, 1.82) is 0 Å². The zero-order chi connectivity index (χ0) is 13.2. The van der Waals surface area contributed by atoms with Crippen molar-refractivity contribution < 1.29 is 4.74 Å². The van der Waals surface area contributed by atoms with Crippen LogP contribution in [0.25, 0.3) is 0 Å². The summed E-state index contributed by atoms with van der Waals surface area (Å²) in [6.07, 6.45) is 5.00. The Morgan fingerprint density at radius 1 is 1.11 bits per heavy atom. The average molecular weight is 249 g/mol. The third-order valence-corrected chi connectivity index (χ3v) is 2.93. The average Bonchev–Trinajstić information content (AvgIpc) is 2.37. The molecule has 0 atom stereocenters. The lowest BCUT2D eigenvalue weighted by Gasteiger charge is -2.13. The summed E-state index contributed by atoms with van der Waals surface area (Å²) in [4.78, 5) is 0. The first-order valence-corrected chi connectivity index (χ1v) is 7.18. The first-order valence-electron chi connectivity index (χ1n) is 7.18. The molecule has 0 fully saturated rings. The van der Waals surface area contributed by atoms with Crippen LogP contribution in [0.1, 0.15) is 52.0 Å². The Hall–Kier alpha value is -1.02. The van der Waals surface area contributed by atoms with Crippen LogP contribution >= 0.6 is 0 Å². The van der Waals surface area contributed by atoms with E-state index in [4.69, 9.17) is 4.74 Å². The topological polar surface area (TPSA) is 21.3 Å². The van der Waals surface area contributed by atoms with E-state index < -0.39 is 0 Å². The van der Waals surface area contributed by atoms with Gasteiger partial charge in [0, 0.05) is 18.2 Å². The maximum Gasteiger partial charge on any atom is 0.123 e. The second kappa shape index (κ2) is 8.98. The van der Waals surface area contributed by atoms with Gasteiger partial charge < -0.3 is 10.1 Å². The molecule has 102 valence electrons. The number of para-hydroxylation sites is 1. The molecule has 1 N–H and O–H groups in total. The Morgan fingerprint density at radius 3 is 2.61 bits per heavy atom. The highest BCUT2D eigenvalue weighted by Gasteiger charge is 2.03. The van der Waals surface area contributed by atoms with Crippen LogP contribution in [0.3, 0.4) is 0 Å². The molecule has 2 nitrogen and oxygen atoms in total. The summed E-state index contributed by atoms with van der Waals surface area (Å²) in [5, 5.41) is 3.43. The molecule has 0 unspecified atom stereocenters. The maximum absolute atomic E-state index is 5.88. The number of benzene rings is 1. The van der Waals surface area contributed by atoms with Crippen LogP contribution in [0.4, 0.5) is 0 Å². The molecule has 18 heavy (non-hydrogen) atoms. The fraction of sp³-hybridized carbons (Fsp3) is 0.625. The summed E-state index contributed by atoms with van der Waals surface area (Å²) in [6, 6.07) is 8.82. The molecule has 0 heterocycles. The number of hydrogen-bond acceptors (Lipinski definition) is 2. The molecule has 1 aromatic carbocycles. The SMILES string of the molecule is CCCCCCOc1ccccc1CNC(C)C. The third-order valence-electron chi connectivity index (χ3n) is 2.93. The van der Waals surface area contributed by atoms with Crippen molar-refractivity contribution >= 4 is 0 Å². The molecule has 0 spiro atoms. The lowest BCUT2D eigenvalue weighted by molar-refractivity contribution is 0.301. The number of unbranched alkanes of at least 4 members (excludes halogenated alkanes) is 3. The van der Waals surface area contributed by atoms with Crippen molar-refractivity contribution in [2.45, 2.75) is 59.0 Å². The van der Waals surface area contributed by atoms with Gasteiger partial charge in [0.25, 0.3) is 0 Å². The van der Waals surface area contributed by atoms with Gasteiger partial charge in [-0.1, -0.05) is 58.2 Å². The lowest BCUT2D eigenvalue weighted by Crippen LogP contribution is -2.22. The van der Waals surface area contributed by atoms with Crippen molar-refractivity contribution in [3.63, 3.8) is 0 Å². The highest BCUT2D eigenvalue weighted by molar-refractivity contribution is 5.33. The minimum atomic E-state index is 0.502. The predicted molar refractivity (Wildman–Crippen MR) is 78.1 cm³/mol. The lowest BCUT2D eigenvalue weighted by atomic mass is 10.2. The Bertz CT molecular complexity index is 323.